The average molecular weight is 387 g/mol. The first-order chi connectivity index (χ1) is 8.70. The summed E-state index contributed by atoms with van der Waals surface area (Å²) in [5.41, 5.74) is 0. The van der Waals surface area contributed by atoms with Gasteiger partial charge in [0.15, 0.2) is 5.96 Å². The maximum Gasteiger partial charge on any atom is 0.191 e. The molecule has 0 rings (SSSR count). The average Bonchev–Trinajstić information content (AvgIpc) is 2.35. The maximum absolute atomic E-state index is 5.52. The quantitative estimate of drug-likeness (QED) is 0.260. The first-order valence-electron chi connectivity index (χ1n) is 6.72. The van der Waals surface area contributed by atoms with Crippen LogP contribution in [0.3, 0.4) is 0 Å². The molecule has 0 aliphatic carbocycles. The molecule has 0 fully saturated rings. The molecule has 19 heavy (non-hydrogen) atoms. The van der Waals surface area contributed by atoms with E-state index in [2.05, 4.69) is 29.5 Å². The van der Waals surface area contributed by atoms with E-state index < -0.39 is 0 Å². The monoisotopic (exact) mass is 387 g/mol. The van der Waals surface area contributed by atoms with Gasteiger partial charge in [-0.05, 0) is 18.8 Å². The second-order valence-electron chi connectivity index (χ2n) is 4.57. The van der Waals surface area contributed by atoms with Crippen molar-refractivity contribution in [2.75, 3.05) is 47.1 Å². The van der Waals surface area contributed by atoms with Gasteiger partial charge in [-0.1, -0.05) is 13.8 Å². The molecule has 0 amide bonds. The van der Waals surface area contributed by atoms with Crippen LogP contribution in [0.15, 0.2) is 4.99 Å². The zero-order valence-corrected chi connectivity index (χ0v) is 15.0. The van der Waals surface area contributed by atoms with Gasteiger partial charge in [-0.2, -0.15) is 0 Å². The molecule has 116 valence electrons. The smallest absolute Gasteiger partial charge is 0.191 e. The molecule has 2 N–H and O–H groups in total. The normalized spacial score (nSPS) is 11.3. The summed E-state index contributed by atoms with van der Waals surface area (Å²) in [4.78, 5) is 4.13. The second kappa shape index (κ2) is 16.0. The van der Waals surface area contributed by atoms with Crippen molar-refractivity contribution in [2.24, 2.45) is 10.9 Å². The second-order valence-corrected chi connectivity index (χ2v) is 4.57. The molecule has 0 aliphatic rings. The van der Waals surface area contributed by atoms with E-state index in [1.807, 2.05) is 0 Å². The van der Waals surface area contributed by atoms with Crippen LogP contribution in [0.1, 0.15) is 26.7 Å². The maximum atomic E-state index is 5.52. The third kappa shape index (κ3) is 15.9. The fourth-order valence-electron chi connectivity index (χ4n) is 1.31. The molecule has 0 atom stereocenters. The summed E-state index contributed by atoms with van der Waals surface area (Å²) in [6, 6.07) is 0. The molecule has 5 nitrogen and oxygen atoms in total. The number of nitrogens with zero attached hydrogens (tertiary/aromatic N) is 1. The minimum Gasteiger partial charge on any atom is -0.385 e. The molecule has 0 aromatic carbocycles. The minimum absolute atomic E-state index is 0. The molecule has 0 bridgehead atoms. The van der Waals surface area contributed by atoms with Crippen molar-refractivity contribution in [3.8, 4) is 0 Å². The van der Waals surface area contributed by atoms with Gasteiger partial charge in [0.1, 0.15) is 0 Å². The predicted octanol–water partition coefficient (Wildman–Crippen LogP) is 1.87. The summed E-state index contributed by atoms with van der Waals surface area (Å²) in [7, 11) is 3.48. The van der Waals surface area contributed by atoms with Gasteiger partial charge in [0.2, 0.25) is 0 Å². The lowest BCUT2D eigenvalue weighted by molar-refractivity contribution is 0.128. The molecule has 6 heteroatoms. The Hall–Kier alpha value is -0.0800. The van der Waals surface area contributed by atoms with Crippen LogP contribution in [0.5, 0.6) is 0 Å². The summed E-state index contributed by atoms with van der Waals surface area (Å²) < 4.78 is 10.5. The zero-order chi connectivity index (χ0) is 13.6. The lowest BCUT2D eigenvalue weighted by Gasteiger charge is -2.12. The number of hydrogen-bond acceptors (Lipinski definition) is 3. The van der Waals surface area contributed by atoms with Gasteiger partial charge >= 0.3 is 0 Å². The first-order valence-corrected chi connectivity index (χ1v) is 6.72. The van der Waals surface area contributed by atoms with Crippen LogP contribution in [0.4, 0.5) is 0 Å². The molecule has 0 saturated heterocycles. The Labute approximate surface area is 134 Å². The van der Waals surface area contributed by atoms with E-state index in [1.165, 1.54) is 0 Å². The van der Waals surface area contributed by atoms with Crippen molar-refractivity contribution < 1.29 is 9.47 Å². The van der Waals surface area contributed by atoms with Crippen LogP contribution < -0.4 is 10.6 Å². The van der Waals surface area contributed by atoms with Crippen molar-refractivity contribution in [1.29, 1.82) is 0 Å². The summed E-state index contributed by atoms with van der Waals surface area (Å²) in [6.07, 6.45) is 2.09. The van der Waals surface area contributed by atoms with Crippen LogP contribution in [0, 0.1) is 5.92 Å². The highest BCUT2D eigenvalue weighted by Gasteiger charge is 1.97. The third-order valence-corrected chi connectivity index (χ3v) is 2.42. The molecule has 0 unspecified atom stereocenters. The summed E-state index contributed by atoms with van der Waals surface area (Å²) in [6.45, 7) is 8.36. The van der Waals surface area contributed by atoms with Gasteiger partial charge in [-0.25, -0.2) is 0 Å². The van der Waals surface area contributed by atoms with Crippen molar-refractivity contribution in [3.05, 3.63) is 0 Å². The van der Waals surface area contributed by atoms with Crippen molar-refractivity contribution in [2.45, 2.75) is 26.7 Å². The Morgan fingerprint density at radius 2 is 1.79 bits per heavy atom. The number of guanidine groups is 1. The third-order valence-electron chi connectivity index (χ3n) is 2.42. The highest BCUT2D eigenvalue weighted by molar-refractivity contribution is 14.0. The molecular weight excluding hydrogens is 357 g/mol. The molecule has 0 aliphatic heterocycles. The van der Waals surface area contributed by atoms with Gasteiger partial charge in [0.25, 0.3) is 0 Å². The van der Waals surface area contributed by atoms with Crippen LogP contribution >= 0.6 is 24.0 Å². The Morgan fingerprint density at radius 1 is 1.11 bits per heavy atom. The number of halogens is 1. The Bertz CT molecular complexity index is 214. The number of ether oxygens (including phenoxy) is 2. The molecule has 0 heterocycles. The van der Waals surface area contributed by atoms with Crippen LogP contribution in [0.2, 0.25) is 0 Å². The molecule has 0 radical (unpaired) electrons. The number of rotatable bonds is 10. The minimum atomic E-state index is 0. The lowest BCUT2D eigenvalue weighted by atomic mass is 10.1. The molecule has 0 aromatic rings. The molecule has 0 aromatic heterocycles. The summed E-state index contributed by atoms with van der Waals surface area (Å²) >= 11 is 0. The number of aliphatic imine (C=N–C) groups is 1. The highest BCUT2D eigenvalue weighted by Crippen LogP contribution is 1.98. The van der Waals surface area contributed by atoms with E-state index in [9.17, 15) is 0 Å². The zero-order valence-electron chi connectivity index (χ0n) is 12.7. The standard InChI is InChI=1S/C13H29N3O2.HI/c1-12(2)6-10-18-11-8-16-13(14-3)15-7-5-9-17-4;/h12H,5-11H2,1-4H3,(H2,14,15,16);1H. The predicted molar refractivity (Wildman–Crippen MR) is 91.5 cm³/mol. The van der Waals surface area contributed by atoms with E-state index >= 15 is 0 Å². The fourth-order valence-corrected chi connectivity index (χ4v) is 1.31. The molecular formula is C13H30IN3O2. The van der Waals surface area contributed by atoms with Gasteiger partial charge in [0.05, 0.1) is 6.61 Å². The summed E-state index contributed by atoms with van der Waals surface area (Å²) in [5, 5.41) is 6.42. The number of nitrogens with one attached hydrogen (secondary N) is 2. The molecule has 0 spiro atoms. The van der Waals surface area contributed by atoms with Gasteiger partial charge in [-0.15, -0.1) is 24.0 Å². The SMILES string of the molecule is CN=C(NCCCOC)NCCOCCC(C)C.I. The highest BCUT2D eigenvalue weighted by atomic mass is 127. The Kier molecular flexibility index (Phi) is 17.8. The number of hydrogen-bond donors (Lipinski definition) is 2. The summed E-state index contributed by atoms with van der Waals surface area (Å²) in [5.74, 6) is 1.52. The van der Waals surface area contributed by atoms with E-state index in [0.717, 1.165) is 45.1 Å². The van der Waals surface area contributed by atoms with E-state index in [1.54, 1.807) is 14.2 Å². The van der Waals surface area contributed by atoms with Crippen LogP contribution in [0.25, 0.3) is 0 Å². The van der Waals surface area contributed by atoms with E-state index in [4.69, 9.17) is 9.47 Å². The van der Waals surface area contributed by atoms with E-state index in [-0.39, 0.29) is 24.0 Å². The molecule has 0 saturated carbocycles. The first kappa shape index (κ1) is 21.2. The van der Waals surface area contributed by atoms with Gasteiger partial charge in [0, 0.05) is 40.5 Å². The Morgan fingerprint density at radius 3 is 2.37 bits per heavy atom. The topological polar surface area (TPSA) is 54.9 Å². The van der Waals surface area contributed by atoms with E-state index in [0.29, 0.717) is 12.5 Å². The van der Waals surface area contributed by atoms with Crippen molar-refractivity contribution >= 4 is 29.9 Å². The van der Waals surface area contributed by atoms with Crippen molar-refractivity contribution in [1.82, 2.24) is 10.6 Å². The van der Waals surface area contributed by atoms with Crippen LogP contribution in [-0.4, -0.2) is 53.0 Å². The van der Waals surface area contributed by atoms with Gasteiger partial charge < -0.3 is 20.1 Å². The lowest BCUT2D eigenvalue weighted by Crippen LogP contribution is -2.39. The largest absolute Gasteiger partial charge is 0.385 e. The van der Waals surface area contributed by atoms with Gasteiger partial charge in [-0.3, -0.25) is 4.99 Å². The fraction of sp³-hybridized carbons (Fsp3) is 0.923. The Balaban J connectivity index is 0. The number of methoxy groups -OCH3 is 1. The van der Waals surface area contributed by atoms with Crippen LogP contribution in [-0.2, 0) is 9.47 Å². The van der Waals surface area contributed by atoms with Crippen molar-refractivity contribution in [3.63, 3.8) is 0 Å².